The van der Waals surface area contributed by atoms with Crippen LogP contribution < -0.4 is 5.73 Å². The predicted octanol–water partition coefficient (Wildman–Crippen LogP) is 1.47. The fourth-order valence-electron chi connectivity index (χ4n) is 2.12. The minimum absolute atomic E-state index is 0.0823. The first-order valence-electron chi connectivity index (χ1n) is 5.59. The van der Waals surface area contributed by atoms with Crippen LogP contribution in [0.5, 0.6) is 0 Å². The number of rotatable bonds is 3. The molecule has 0 radical (unpaired) electrons. The second kappa shape index (κ2) is 4.84. The van der Waals surface area contributed by atoms with E-state index < -0.39 is 17.3 Å². The average molecular weight is 273 g/mol. The lowest BCUT2D eigenvalue weighted by Gasteiger charge is -2.20. The first-order valence-corrected chi connectivity index (χ1v) is 5.97. The van der Waals surface area contributed by atoms with Gasteiger partial charge in [-0.2, -0.15) is 0 Å². The number of benzene rings is 1. The van der Waals surface area contributed by atoms with Crippen LogP contribution in [0.15, 0.2) is 18.2 Å². The minimum atomic E-state index is -1.19. The summed E-state index contributed by atoms with van der Waals surface area (Å²) >= 11 is 5.60. The van der Waals surface area contributed by atoms with E-state index in [1.54, 1.807) is 6.07 Å². The number of aliphatic carboxylic acids is 1. The van der Waals surface area contributed by atoms with Gasteiger partial charge in [0.2, 0.25) is 0 Å². The highest BCUT2D eigenvalue weighted by molar-refractivity contribution is 6.30. The molecule has 1 heterocycles. The molecule has 1 aliphatic heterocycles. The zero-order valence-electron chi connectivity index (χ0n) is 9.70. The summed E-state index contributed by atoms with van der Waals surface area (Å²) in [6.07, 6.45) is 0.401. The lowest BCUT2D eigenvalue weighted by Crippen LogP contribution is -2.50. The maximum absolute atomic E-state index is 13.3. The largest absolute Gasteiger partial charge is 0.480 e. The van der Waals surface area contributed by atoms with Crippen molar-refractivity contribution in [1.29, 1.82) is 0 Å². The summed E-state index contributed by atoms with van der Waals surface area (Å²) in [5.41, 5.74) is 5.33. The van der Waals surface area contributed by atoms with Gasteiger partial charge in [-0.05, 0) is 24.1 Å². The number of nitrogens with zero attached hydrogens (tertiary/aromatic N) is 1. The molecule has 0 aliphatic carbocycles. The molecule has 1 fully saturated rings. The number of carboxylic acid groups (broad SMARTS) is 1. The molecule has 1 atom stereocenters. The maximum Gasteiger partial charge on any atom is 0.325 e. The van der Waals surface area contributed by atoms with Crippen molar-refractivity contribution < 1.29 is 14.3 Å². The van der Waals surface area contributed by atoms with Gasteiger partial charge >= 0.3 is 5.97 Å². The number of carbonyl (C=O) groups is 1. The van der Waals surface area contributed by atoms with E-state index in [-0.39, 0.29) is 11.6 Å². The van der Waals surface area contributed by atoms with E-state index in [0.29, 0.717) is 19.5 Å². The third-order valence-electron chi connectivity index (χ3n) is 3.20. The Morgan fingerprint density at radius 2 is 2.33 bits per heavy atom. The van der Waals surface area contributed by atoms with E-state index in [1.807, 2.05) is 4.90 Å². The van der Waals surface area contributed by atoms with E-state index in [4.69, 9.17) is 22.4 Å². The monoisotopic (exact) mass is 272 g/mol. The van der Waals surface area contributed by atoms with Crippen LogP contribution in [0.4, 0.5) is 4.39 Å². The van der Waals surface area contributed by atoms with Gasteiger partial charge in [-0.25, -0.2) is 4.39 Å². The number of carboxylic acids is 1. The molecule has 0 amide bonds. The molecule has 6 heteroatoms. The molecule has 3 N–H and O–H groups in total. The Morgan fingerprint density at radius 3 is 2.89 bits per heavy atom. The van der Waals surface area contributed by atoms with Crippen LogP contribution in [0.3, 0.4) is 0 Å². The van der Waals surface area contributed by atoms with Crippen molar-refractivity contribution in [2.45, 2.75) is 18.5 Å². The number of hydrogen-bond donors (Lipinski definition) is 2. The molecule has 2 rings (SSSR count). The van der Waals surface area contributed by atoms with Crippen LogP contribution >= 0.6 is 11.6 Å². The molecular weight excluding hydrogens is 259 g/mol. The van der Waals surface area contributed by atoms with Crippen LogP contribution in [-0.4, -0.2) is 34.6 Å². The van der Waals surface area contributed by atoms with E-state index in [0.717, 1.165) is 5.56 Å². The lowest BCUT2D eigenvalue weighted by atomic mass is 10.0. The fourth-order valence-corrected chi connectivity index (χ4v) is 2.24. The summed E-state index contributed by atoms with van der Waals surface area (Å²) in [6, 6.07) is 4.58. The third kappa shape index (κ3) is 2.63. The molecule has 1 aromatic rings. The first-order chi connectivity index (χ1) is 8.40. The second-order valence-electron chi connectivity index (χ2n) is 4.67. The Hall–Kier alpha value is -1.17. The Balaban J connectivity index is 2.03. The Morgan fingerprint density at radius 1 is 1.61 bits per heavy atom. The van der Waals surface area contributed by atoms with E-state index >= 15 is 0 Å². The smallest absolute Gasteiger partial charge is 0.325 e. The highest BCUT2D eigenvalue weighted by Gasteiger charge is 2.41. The van der Waals surface area contributed by atoms with Gasteiger partial charge in [-0.15, -0.1) is 0 Å². The molecule has 1 aromatic carbocycles. The topological polar surface area (TPSA) is 66.6 Å². The zero-order valence-corrected chi connectivity index (χ0v) is 10.5. The Kier molecular flexibility index (Phi) is 3.56. The molecule has 18 heavy (non-hydrogen) atoms. The predicted molar refractivity (Wildman–Crippen MR) is 65.9 cm³/mol. The van der Waals surface area contributed by atoms with Crippen molar-refractivity contribution in [2.24, 2.45) is 5.73 Å². The van der Waals surface area contributed by atoms with Gasteiger partial charge in [0.1, 0.15) is 11.4 Å². The Bertz CT molecular complexity index is 483. The molecule has 98 valence electrons. The Labute approximate surface area is 109 Å². The van der Waals surface area contributed by atoms with E-state index in [9.17, 15) is 9.18 Å². The van der Waals surface area contributed by atoms with Gasteiger partial charge in [0.05, 0.1) is 5.02 Å². The summed E-state index contributed by atoms with van der Waals surface area (Å²) < 4.78 is 13.3. The van der Waals surface area contributed by atoms with Crippen LogP contribution in [0, 0.1) is 5.82 Å². The molecule has 4 nitrogen and oxygen atoms in total. The molecule has 1 unspecified atom stereocenters. The molecule has 0 bridgehead atoms. The van der Waals surface area contributed by atoms with Gasteiger partial charge in [-0.3, -0.25) is 9.69 Å². The molecule has 1 saturated heterocycles. The van der Waals surface area contributed by atoms with Crippen molar-refractivity contribution >= 4 is 17.6 Å². The number of halogens is 2. The van der Waals surface area contributed by atoms with Gasteiger partial charge in [0.25, 0.3) is 0 Å². The number of hydrogen-bond acceptors (Lipinski definition) is 3. The summed E-state index contributed by atoms with van der Waals surface area (Å²) in [6.45, 7) is 1.33. The SMILES string of the molecule is NC1(C(=O)O)CCN(Cc2ccc(Cl)c(F)c2)C1. The van der Waals surface area contributed by atoms with Gasteiger partial charge in [0, 0.05) is 19.6 Å². The van der Waals surface area contributed by atoms with E-state index in [1.165, 1.54) is 12.1 Å². The van der Waals surface area contributed by atoms with Crippen molar-refractivity contribution in [1.82, 2.24) is 4.90 Å². The number of likely N-dealkylation sites (tertiary alicyclic amines) is 1. The fraction of sp³-hybridized carbons (Fsp3) is 0.417. The van der Waals surface area contributed by atoms with Gasteiger partial charge in [0.15, 0.2) is 0 Å². The van der Waals surface area contributed by atoms with Crippen molar-refractivity contribution in [2.75, 3.05) is 13.1 Å². The lowest BCUT2D eigenvalue weighted by molar-refractivity contribution is -0.142. The quantitative estimate of drug-likeness (QED) is 0.874. The van der Waals surface area contributed by atoms with Crippen molar-refractivity contribution in [3.05, 3.63) is 34.6 Å². The van der Waals surface area contributed by atoms with Crippen LogP contribution in [0.2, 0.25) is 5.02 Å². The summed E-state index contributed by atoms with van der Waals surface area (Å²) in [4.78, 5) is 12.9. The molecular formula is C12H14ClFN2O2. The van der Waals surface area contributed by atoms with Crippen LogP contribution in [0.1, 0.15) is 12.0 Å². The van der Waals surface area contributed by atoms with Crippen molar-refractivity contribution in [3.63, 3.8) is 0 Å². The third-order valence-corrected chi connectivity index (χ3v) is 3.50. The van der Waals surface area contributed by atoms with Gasteiger partial charge < -0.3 is 10.8 Å². The summed E-state index contributed by atoms with van der Waals surface area (Å²) in [5, 5.41) is 9.09. The summed E-state index contributed by atoms with van der Waals surface area (Å²) in [7, 11) is 0. The van der Waals surface area contributed by atoms with Crippen LogP contribution in [-0.2, 0) is 11.3 Å². The highest BCUT2D eigenvalue weighted by Crippen LogP contribution is 2.22. The average Bonchev–Trinajstić information content (AvgIpc) is 2.67. The summed E-state index contributed by atoms with van der Waals surface area (Å²) in [5.74, 6) is -1.46. The normalized spacial score (nSPS) is 24.4. The standard InChI is InChI=1S/C12H14ClFN2O2/c13-9-2-1-8(5-10(9)14)6-16-4-3-12(15,7-16)11(17)18/h1-2,5H,3-4,6-7,15H2,(H,17,18). The highest BCUT2D eigenvalue weighted by atomic mass is 35.5. The number of nitrogens with two attached hydrogens (primary N) is 1. The molecule has 0 aromatic heterocycles. The van der Waals surface area contributed by atoms with E-state index in [2.05, 4.69) is 0 Å². The molecule has 1 aliphatic rings. The van der Waals surface area contributed by atoms with Crippen LogP contribution in [0.25, 0.3) is 0 Å². The minimum Gasteiger partial charge on any atom is -0.480 e. The zero-order chi connectivity index (χ0) is 13.3. The van der Waals surface area contributed by atoms with Gasteiger partial charge in [-0.1, -0.05) is 17.7 Å². The second-order valence-corrected chi connectivity index (χ2v) is 5.08. The first kappa shape index (κ1) is 13.3. The van der Waals surface area contributed by atoms with Crippen molar-refractivity contribution in [3.8, 4) is 0 Å². The molecule has 0 saturated carbocycles. The maximum atomic E-state index is 13.3. The molecule has 0 spiro atoms.